The SMILES string of the molecule is O=C(COC(=O)CSc1nc2ccccc2n1Cc1ccccc1)Nc1ccccc1C(F)(F)F. The molecular formula is C25H20F3N3O3S. The number of ether oxygens (including phenoxy) is 1. The quantitative estimate of drug-likeness (QED) is 0.260. The number of imidazole rings is 1. The van der Waals surface area contributed by atoms with Crippen LogP contribution in [-0.2, 0) is 27.0 Å². The highest BCUT2D eigenvalue weighted by Gasteiger charge is 2.33. The molecule has 1 N–H and O–H groups in total. The number of carbonyl (C=O) groups is 2. The molecule has 35 heavy (non-hydrogen) atoms. The number of carbonyl (C=O) groups excluding carboxylic acids is 2. The Bertz CT molecular complexity index is 1340. The van der Waals surface area contributed by atoms with Gasteiger partial charge in [0.15, 0.2) is 11.8 Å². The first-order valence-electron chi connectivity index (χ1n) is 10.5. The van der Waals surface area contributed by atoms with E-state index in [4.69, 9.17) is 4.74 Å². The van der Waals surface area contributed by atoms with E-state index in [0.717, 1.165) is 40.5 Å². The summed E-state index contributed by atoms with van der Waals surface area (Å²) >= 11 is 1.16. The van der Waals surface area contributed by atoms with E-state index in [2.05, 4.69) is 10.3 Å². The van der Waals surface area contributed by atoms with Crippen molar-refractivity contribution in [2.45, 2.75) is 17.9 Å². The molecule has 1 heterocycles. The van der Waals surface area contributed by atoms with Gasteiger partial charge >= 0.3 is 12.1 Å². The number of esters is 1. The molecule has 0 atom stereocenters. The Morgan fingerprint density at radius 1 is 0.943 bits per heavy atom. The minimum Gasteiger partial charge on any atom is -0.455 e. The maximum absolute atomic E-state index is 13.1. The molecule has 3 aromatic carbocycles. The highest BCUT2D eigenvalue weighted by Crippen LogP contribution is 2.34. The summed E-state index contributed by atoms with van der Waals surface area (Å²) in [7, 11) is 0. The monoisotopic (exact) mass is 499 g/mol. The van der Waals surface area contributed by atoms with Gasteiger partial charge in [0.2, 0.25) is 0 Å². The predicted molar refractivity (Wildman–Crippen MR) is 127 cm³/mol. The molecule has 0 aliphatic rings. The maximum atomic E-state index is 13.1. The number of para-hydroxylation sites is 3. The maximum Gasteiger partial charge on any atom is 0.418 e. The number of hydrogen-bond donors (Lipinski definition) is 1. The summed E-state index contributed by atoms with van der Waals surface area (Å²) in [6.45, 7) is -0.147. The lowest BCUT2D eigenvalue weighted by atomic mass is 10.1. The molecule has 0 saturated heterocycles. The Labute approximate surface area is 203 Å². The van der Waals surface area contributed by atoms with Crippen molar-refractivity contribution in [2.24, 2.45) is 0 Å². The fourth-order valence-electron chi connectivity index (χ4n) is 3.42. The van der Waals surface area contributed by atoms with E-state index in [1.807, 2.05) is 59.2 Å². The van der Waals surface area contributed by atoms with Crippen LogP contribution in [0.15, 0.2) is 84.0 Å². The number of aromatic nitrogens is 2. The number of rotatable bonds is 8. The van der Waals surface area contributed by atoms with Crippen LogP contribution in [0.5, 0.6) is 0 Å². The fraction of sp³-hybridized carbons (Fsp3) is 0.160. The van der Waals surface area contributed by atoms with E-state index in [1.165, 1.54) is 12.1 Å². The summed E-state index contributed by atoms with van der Waals surface area (Å²) in [5.74, 6) is -1.67. The summed E-state index contributed by atoms with van der Waals surface area (Å²) in [5.41, 5.74) is 1.38. The highest BCUT2D eigenvalue weighted by atomic mass is 32.2. The fourth-order valence-corrected chi connectivity index (χ4v) is 4.23. The molecule has 6 nitrogen and oxygen atoms in total. The minimum atomic E-state index is -4.62. The first-order valence-corrected chi connectivity index (χ1v) is 11.5. The van der Waals surface area contributed by atoms with E-state index >= 15 is 0 Å². The number of amides is 1. The smallest absolute Gasteiger partial charge is 0.418 e. The summed E-state index contributed by atoms with van der Waals surface area (Å²) in [5, 5.41) is 2.75. The van der Waals surface area contributed by atoms with Crippen LogP contribution in [0.4, 0.5) is 18.9 Å². The van der Waals surface area contributed by atoms with E-state index in [0.29, 0.717) is 11.7 Å². The first kappa shape index (κ1) is 24.3. The number of fused-ring (bicyclic) bond motifs is 1. The van der Waals surface area contributed by atoms with Gasteiger partial charge in [0, 0.05) is 0 Å². The Balaban J connectivity index is 1.37. The number of nitrogens with zero attached hydrogens (tertiary/aromatic N) is 2. The number of nitrogens with one attached hydrogen (secondary N) is 1. The van der Waals surface area contributed by atoms with E-state index in [1.54, 1.807) is 0 Å². The third kappa shape index (κ3) is 6.21. The number of anilines is 1. The lowest BCUT2D eigenvalue weighted by Gasteiger charge is -2.13. The molecule has 10 heteroatoms. The Morgan fingerprint density at radius 3 is 2.40 bits per heavy atom. The number of hydrogen-bond acceptors (Lipinski definition) is 5. The Kier molecular flexibility index (Phi) is 7.40. The molecule has 0 radical (unpaired) electrons. The van der Waals surface area contributed by atoms with Gasteiger partial charge in [-0.05, 0) is 29.8 Å². The van der Waals surface area contributed by atoms with Crippen molar-refractivity contribution in [3.8, 4) is 0 Å². The van der Waals surface area contributed by atoms with Crippen LogP contribution in [0.1, 0.15) is 11.1 Å². The first-order chi connectivity index (χ1) is 16.8. The molecule has 4 rings (SSSR count). The summed E-state index contributed by atoms with van der Waals surface area (Å²) < 4.78 is 46.2. The Morgan fingerprint density at radius 2 is 1.63 bits per heavy atom. The van der Waals surface area contributed by atoms with Crippen LogP contribution >= 0.6 is 11.8 Å². The molecule has 0 fully saturated rings. The number of halogens is 3. The van der Waals surface area contributed by atoms with Gasteiger partial charge in [-0.1, -0.05) is 66.4 Å². The zero-order valence-corrected chi connectivity index (χ0v) is 19.1. The van der Waals surface area contributed by atoms with Crippen molar-refractivity contribution in [2.75, 3.05) is 17.7 Å². The molecule has 4 aromatic rings. The summed E-state index contributed by atoms with van der Waals surface area (Å²) in [6, 6.07) is 22.0. The second-order valence-corrected chi connectivity index (χ2v) is 8.44. The summed E-state index contributed by atoms with van der Waals surface area (Å²) in [4.78, 5) is 28.9. The van der Waals surface area contributed by atoms with Crippen molar-refractivity contribution in [3.05, 3.63) is 90.0 Å². The molecule has 1 amide bonds. The van der Waals surface area contributed by atoms with Crippen LogP contribution in [0.2, 0.25) is 0 Å². The third-order valence-corrected chi connectivity index (χ3v) is 5.94. The van der Waals surface area contributed by atoms with Gasteiger partial charge in [0.25, 0.3) is 5.91 Å². The van der Waals surface area contributed by atoms with Crippen molar-refractivity contribution in [3.63, 3.8) is 0 Å². The third-order valence-electron chi connectivity index (χ3n) is 4.99. The molecule has 1 aromatic heterocycles. The van der Waals surface area contributed by atoms with Crippen molar-refractivity contribution in [1.82, 2.24) is 9.55 Å². The van der Waals surface area contributed by atoms with Crippen molar-refractivity contribution >= 4 is 40.4 Å². The lowest BCUT2D eigenvalue weighted by molar-refractivity contribution is -0.144. The van der Waals surface area contributed by atoms with Gasteiger partial charge in [-0.2, -0.15) is 13.2 Å². The molecule has 0 saturated carbocycles. The normalized spacial score (nSPS) is 11.4. The molecule has 0 aliphatic heterocycles. The van der Waals surface area contributed by atoms with E-state index in [-0.39, 0.29) is 5.75 Å². The van der Waals surface area contributed by atoms with Crippen molar-refractivity contribution < 1.29 is 27.5 Å². The molecule has 0 unspecified atom stereocenters. The second-order valence-electron chi connectivity index (χ2n) is 7.50. The lowest BCUT2D eigenvalue weighted by Crippen LogP contribution is -2.23. The summed E-state index contributed by atoms with van der Waals surface area (Å²) in [6.07, 6.45) is -4.62. The van der Waals surface area contributed by atoms with Gasteiger partial charge in [0.1, 0.15) is 0 Å². The number of thioether (sulfide) groups is 1. The molecule has 0 aliphatic carbocycles. The predicted octanol–water partition coefficient (Wildman–Crippen LogP) is 5.38. The van der Waals surface area contributed by atoms with Gasteiger partial charge in [-0.15, -0.1) is 0 Å². The van der Waals surface area contributed by atoms with Crippen LogP contribution in [0.25, 0.3) is 11.0 Å². The minimum absolute atomic E-state index is 0.121. The van der Waals surface area contributed by atoms with Crippen LogP contribution in [-0.4, -0.2) is 33.8 Å². The van der Waals surface area contributed by atoms with E-state index < -0.39 is 35.9 Å². The number of alkyl halides is 3. The van der Waals surface area contributed by atoms with Crippen LogP contribution in [0, 0.1) is 0 Å². The average molecular weight is 500 g/mol. The zero-order valence-electron chi connectivity index (χ0n) is 18.3. The zero-order chi connectivity index (χ0) is 24.8. The molecule has 0 bridgehead atoms. The number of benzene rings is 3. The van der Waals surface area contributed by atoms with E-state index in [9.17, 15) is 22.8 Å². The molecular weight excluding hydrogens is 479 g/mol. The van der Waals surface area contributed by atoms with Gasteiger partial charge in [0.05, 0.1) is 34.6 Å². The molecule has 180 valence electrons. The van der Waals surface area contributed by atoms with Gasteiger partial charge in [-0.25, -0.2) is 4.98 Å². The highest BCUT2D eigenvalue weighted by molar-refractivity contribution is 7.99. The standard InChI is InChI=1S/C25H20F3N3O3S/c26-25(27,28)18-10-4-5-11-19(18)29-22(32)15-34-23(33)16-35-24-30-20-12-6-7-13-21(20)31(24)14-17-8-2-1-3-9-17/h1-13H,14-16H2,(H,29,32). The van der Waals surface area contributed by atoms with Gasteiger partial charge in [-0.3, -0.25) is 9.59 Å². The van der Waals surface area contributed by atoms with Crippen molar-refractivity contribution in [1.29, 1.82) is 0 Å². The average Bonchev–Trinajstić information content (AvgIpc) is 3.19. The van der Waals surface area contributed by atoms with Gasteiger partial charge < -0.3 is 14.6 Å². The second kappa shape index (κ2) is 10.6. The largest absolute Gasteiger partial charge is 0.455 e. The van der Waals surface area contributed by atoms with Crippen LogP contribution in [0.3, 0.4) is 0 Å². The topological polar surface area (TPSA) is 73.2 Å². The molecule has 0 spiro atoms. The Hall–Kier alpha value is -3.79. The van der Waals surface area contributed by atoms with Crippen LogP contribution < -0.4 is 5.32 Å².